The van der Waals surface area contributed by atoms with E-state index in [9.17, 15) is 4.79 Å². The second-order valence-electron chi connectivity index (χ2n) is 4.74. The van der Waals surface area contributed by atoms with Crippen molar-refractivity contribution in [1.29, 1.82) is 0 Å². The zero-order chi connectivity index (χ0) is 12.3. The smallest absolute Gasteiger partial charge is 0.308 e. The van der Waals surface area contributed by atoms with Crippen LogP contribution in [-0.2, 0) is 4.79 Å². The Kier molecular flexibility index (Phi) is 3.79. The Bertz CT molecular complexity index is 397. The van der Waals surface area contributed by atoms with E-state index in [1.165, 1.54) is 32.6 Å². The van der Waals surface area contributed by atoms with Crippen molar-refractivity contribution in [2.45, 2.75) is 38.6 Å². The Morgan fingerprint density at radius 1 is 1.41 bits per heavy atom. The largest absolute Gasteiger partial charge is 0.427 e. The molecule has 1 fully saturated rings. The first-order valence-electron chi connectivity index (χ1n) is 6.21. The van der Waals surface area contributed by atoms with Gasteiger partial charge in [0.2, 0.25) is 0 Å². The number of nitrogens with two attached hydrogens (primary N) is 1. The van der Waals surface area contributed by atoms with Crippen molar-refractivity contribution in [2.24, 2.45) is 11.7 Å². The Morgan fingerprint density at radius 2 is 2.12 bits per heavy atom. The Labute approximate surface area is 102 Å². The minimum atomic E-state index is -0.295. The first-order valence-corrected chi connectivity index (χ1v) is 6.21. The van der Waals surface area contributed by atoms with E-state index in [-0.39, 0.29) is 12.0 Å². The molecular formula is C14H19NO2. The molecule has 3 nitrogen and oxygen atoms in total. The van der Waals surface area contributed by atoms with Crippen molar-refractivity contribution in [3.05, 3.63) is 29.8 Å². The molecule has 2 N–H and O–H groups in total. The van der Waals surface area contributed by atoms with Crippen molar-refractivity contribution < 1.29 is 9.53 Å². The molecule has 1 aromatic rings. The summed E-state index contributed by atoms with van der Waals surface area (Å²) in [6.07, 6.45) is 4.97. The average molecular weight is 233 g/mol. The van der Waals surface area contributed by atoms with Gasteiger partial charge in [-0.15, -0.1) is 0 Å². The van der Waals surface area contributed by atoms with E-state index in [0.29, 0.717) is 11.7 Å². The lowest BCUT2D eigenvalue weighted by atomic mass is 9.92. The van der Waals surface area contributed by atoms with E-state index < -0.39 is 0 Å². The van der Waals surface area contributed by atoms with Gasteiger partial charge in [-0.25, -0.2) is 0 Å². The molecule has 0 aromatic heterocycles. The summed E-state index contributed by atoms with van der Waals surface area (Å²) < 4.78 is 5.07. The second-order valence-corrected chi connectivity index (χ2v) is 4.74. The Balaban J connectivity index is 2.11. The molecule has 0 heterocycles. The summed E-state index contributed by atoms with van der Waals surface area (Å²) in [6, 6.07) is 7.63. The van der Waals surface area contributed by atoms with E-state index in [1.807, 2.05) is 18.2 Å². The zero-order valence-electron chi connectivity index (χ0n) is 10.2. The van der Waals surface area contributed by atoms with Gasteiger partial charge >= 0.3 is 5.97 Å². The number of carbonyl (C=O) groups is 1. The highest BCUT2D eigenvalue weighted by Crippen LogP contribution is 2.34. The molecule has 0 amide bonds. The maximum Gasteiger partial charge on any atom is 0.308 e. The maximum absolute atomic E-state index is 10.9. The molecule has 1 aliphatic carbocycles. The number of benzene rings is 1. The minimum Gasteiger partial charge on any atom is -0.427 e. The summed E-state index contributed by atoms with van der Waals surface area (Å²) in [5.41, 5.74) is 7.32. The maximum atomic E-state index is 10.9. The molecule has 92 valence electrons. The second kappa shape index (κ2) is 5.32. The first kappa shape index (κ1) is 12.1. The lowest BCUT2D eigenvalue weighted by Gasteiger charge is -2.19. The Morgan fingerprint density at radius 3 is 2.76 bits per heavy atom. The first-order chi connectivity index (χ1) is 8.16. The third kappa shape index (κ3) is 3.07. The monoisotopic (exact) mass is 233 g/mol. The zero-order valence-corrected chi connectivity index (χ0v) is 10.2. The van der Waals surface area contributed by atoms with Gasteiger partial charge in [-0.3, -0.25) is 4.79 Å². The summed E-state index contributed by atoms with van der Waals surface area (Å²) in [4.78, 5) is 10.9. The molecule has 3 heteroatoms. The number of rotatable bonds is 3. The molecule has 0 saturated heterocycles. The summed E-state index contributed by atoms with van der Waals surface area (Å²) >= 11 is 0. The van der Waals surface area contributed by atoms with E-state index in [0.717, 1.165) is 5.56 Å². The van der Waals surface area contributed by atoms with Crippen LogP contribution in [0.5, 0.6) is 5.75 Å². The van der Waals surface area contributed by atoms with Crippen LogP contribution in [0.3, 0.4) is 0 Å². The molecule has 0 radical (unpaired) electrons. The lowest BCUT2D eigenvalue weighted by molar-refractivity contribution is -0.131. The van der Waals surface area contributed by atoms with Gasteiger partial charge in [0, 0.05) is 13.0 Å². The Hall–Kier alpha value is -1.35. The van der Waals surface area contributed by atoms with Crippen LogP contribution in [-0.4, -0.2) is 5.97 Å². The van der Waals surface area contributed by atoms with Crippen LogP contribution >= 0.6 is 0 Å². The van der Waals surface area contributed by atoms with Crippen molar-refractivity contribution in [2.75, 3.05) is 0 Å². The molecule has 0 bridgehead atoms. The van der Waals surface area contributed by atoms with E-state index >= 15 is 0 Å². The van der Waals surface area contributed by atoms with Crippen molar-refractivity contribution >= 4 is 5.97 Å². The predicted molar refractivity (Wildman–Crippen MR) is 66.6 cm³/mol. The van der Waals surface area contributed by atoms with Crippen molar-refractivity contribution in [1.82, 2.24) is 0 Å². The summed E-state index contributed by atoms with van der Waals surface area (Å²) in [7, 11) is 0. The highest BCUT2D eigenvalue weighted by Gasteiger charge is 2.23. The number of esters is 1. The van der Waals surface area contributed by atoms with Crippen LogP contribution in [0.2, 0.25) is 0 Å². The molecule has 0 spiro atoms. The number of hydrogen-bond donors (Lipinski definition) is 1. The molecule has 1 atom stereocenters. The SMILES string of the molecule is CC(=O)Oc1cccc([C@H](N)C2CCCC2)c1. The van der Waals surface area contributed by atoms with Gasteiger partial charge in [0.05, 0.1) is 0 Å². The quantitative estimate of drug-likeness (QED) is 0.645. The summed E-state index contributed by atoms with van der Waals surface area (Å²) in [6.45, 7) is 1.41. The normalized spacial score (nSPS) is 18.0. The van der Waals surface area contributed by atoms with E-state index in [2.05, 4.69) is 0 Å². The highest BCUT2D eigenvalue weighted by molar-refractivity contribution is 5.69. The molecular weight excluding hydrogens is 214 g/mol. The topological polar surface area (TPSA) is 52.3 Å². The highest BCUT2D eigenvalue weighted by atomic mass is 16.5. The molecule has 1 saturated carbocycles. The number of ether oxygens (including phenoxy) is 1. The van der Waals surface area contributed by atoms with Gasteiger partial charge in [0.1, 0.15) is 5.75 Å². The van der Waals surface area contributed by atoms with Gasteiger partial charge in [-0.05, 0) is 36.5 Å². The van der Waals surface area contributed by atoms with Crippen LogP contribution in [0.4, 0.5) is 0 Å². The van der Waals surface area contributed by atoms with Gasteiger partial charge < -0.3 is 10.5 Å². The van der Waals surface area contributed by atoms with Crippen LogP contribution in [0.1, 0.15) is 44.2 Å². The van der Waals surface area contributed by atoms with Gasteiger partial charge in [0.25, 0.3) is 0 Å². The van der Waals surface area contributed by atoms with Crippen molar-refractivity contribution in [3.8, 4) is 5.75 Å². The van der Waals surface area contributed by atoms with Gasteiger partial charge in [-0.2, -0.15) is 0 Å². The van der Waals surface area contributed by atoms with Crippen LogP contribution in [0.15, 0.2) is 24.3 Å². The van der Waals surface area contributed by atoms with Crippen LogP contribution in [0.25, 0.3) is 0 Å². The minimum absolute atomic E-state index is 0.0630. The van der Waals surface area contributed by atoms with E-state index in [4.69, 9.17) is 10.5 Å². The van der Waals surface area contributed by atoms with Gasteiger partial charge in [0.15, 0.2) is 0 Å². The predicted octanol–water partition coefficient (Wildman–Crippen LogP) is 2.80. The van der Waals surface area contributed by atoms with Crippen LogP contribution in [0, 0.1) is 5.92 Å². The lowest BCUT2D eigenvalue weighted by Crippen LogP contribution is -2.19. The summed E-state index contributed by atoms with van der Waals surface area (Å²) in [5.74, 6) is 0.864. The molecule has 2 rings (SSSR count). The molecule has 0 unspecified atom stereocenters. The third-order valence-corrected chi connectivity index (χ3v) is 3.41. The fraction of sp³-hybridized carbons (Fsp3) is 0.500. The molecule has 1 aromatic carbocycles. The standard InChI is InChI=1S/C14H19NO2/c1-10(16)17-13-8-4-7-12(9-13)14(15)11-5-2-3-6-11/h4,7-9,11,14H,2-3,5-6,15H2,1H3/t14-/m1/s1. The third-order valence-electron chi connectivity index (χ3n) is 3.41. The number of carbonyl (C=O) groups excluding carboxylic acids is 1. The van der Waals surface area contributed by atoms with Crippen molar-refractivity contribution in [3.63, 3.8) is 0 Å². The molecule has 17 heavy (non-hydrogen) atoms. The fourth-order valence-corrected chi connectivity index (χ4v) is 2.54. The molecule has 1 aliphatic rings. The van der Waals surface area contributed by atoms with E-state index in [1.54, 1.807) is 6.07 Å². The fourth-order valence-electron chi connectivity index (χ4n) is 2.54. The van der Waals surface area contributed by atoms with Gasteiger partial charge in [-0.1, -0.05) is 25.0 Å². The van der Waals surface area contributed by atoms with Crippen LogP contribution < -0.4 is 10.5 Å². The number of hydrogen-bond acceptors (Lipinski definition) is 3. The average Bonchev–Trinajstić information content (AvgIpc) is 2.81. The molecule has 0 aliphatic heterocycles. The summed E-state index contributed by atoms with van der Waals surface area (Å²) in [5, 5.41) is 0.